The Morgan fingerprint density at radius 2 is 2.00 bits per heavy atom. The molecule has 5 heteroatoms. The molecule has 1 heterocycles. The van der Waals surface area contributed by atoms with Crippen molar-refractivity contribution in [1.82, 2.24) is 4.98 Å². The Bertz CT molecular complexity index is 266. The van der Waals surface area contributed by atoms with Crippen LogP contribution in [0.15, 0.2) is 24.5 Å². The number of hydrogen-bond donors (Lipinski definition) is 0. The fourth-order valence-corrected chi connectivity index (χ4v) is 0.800. The van der Waals surface area contributed by atoms with Crippen LogP contribution in [-0.2, 0) is 9.63 Å². The largest absolute Gasteiger partial charge is 0.341 e. The van der Waals surface area contributed by atoms with Crippen molar-refractivity contribution in [2.45, 2.75) is 6.92 Å². The van der Waals surface area contributed by atoms with E-state index in [1.807, 2.05) is 0 Å². The molecule has 0 aliphatic rings. The third-order valence-electron chi connectivity index (χ3n) is 1.29. The zero-order valence-electron chi connectivity index (χ0n) is 7.43. The number of rotatable bonds is 2. The molecule has 0 spiro atoms. The maximum atomic E-state index is 10.5. The van der Waals surface area contributed by atoms with Gasteiger partial charge in [0.25, 0.3) is 0 Å². The van der Waals surface area contributed by atoms with E-state index < -0.39 is 0 Å². The molecular weight excluding hydrogens is 192 g/mol. The summed E-state index contributed by atoms with van der Waals surface area (Å²) in [5, 5.41) is 1.39. The first-order chi connectivity index (χ1) is 5.70. The number of carbonyl (C=O) groups is 1. The van der Waals surface area contributed by atoms with E-state index in [0.717, 1.165) is 5.69 Å². The van der Waals surface area contributed by atoms with Crippen LogP contribution in [0.5, 0.6) is 0 Å². The highest BCUT2D eigenvalue weighted by molar-refractivity contribution is 5.85. The lowest BCUT2D eigenvalue weighted by atomic mass is 10.4. The van der Waals surface area contributed by atoms with Gasteiger partial charge in [0.15, 0.2) is 0 Å². The molecule has 13 heavy (non-hydrogen) atoms. The molecule has 0 unspecified atom stereocenters. The monoisotopic (exact) mass is 202 g/mol. The summed E-state index contributed by atoms with van der Waals surface area (Å²) >= 11 is 0. The zero-order chi connectivity index (χ0) is 8.97. The summed E-state index contributed by atoms with van der Waals surface area (Å²) < 4.78 is 0. The van der Waals surface area contributed by atoms with Crippen LogP contribution in [0.4, 0.5) is 5.69 Å². The molecule has 0 atom stereocenters. The topological polar surface area (TPSA) is 42.4 Å². The Morgan fingerprint density at radius 3 is 2.46 bits per heavy atom. The lowest BCUT2D eigenvalue weighted by Crippen LogP contribution is -2.20. The highest BCUT2D eigenvalue weighted by atomic mass is 35.5. The molecule has 0 fully saturated rings. The number of halogens is 1. The first-order valence-electron chi connectivity index (χ1n) is 3.52. The van der Waals surface area contributed by atoms with Gasteiger partial charge in [0.05, 0.1) is 5.69 Å². The van der Waals surface area contributed by atoms with E-state index in [2.05, 4.69) is 4.98 Å². The molecule has 72 valence electrons. The fourth-order valence-electron chi connectivity index (χ4n) is 0.800. The van der Waals surface area contributed by atoms with Crippen molar-refractivity contribution in [2.24, 2.45) is 0 Å². The number of anilines is 1. The summed E-state index contributed by atoms with van der Waals surface area (Å²) in [6, 6.07) is 3.51. The highest BCUT2D eigenvalue weighted by Gasteiger charge is 2.01. The Morgan fingerprint density at radius 1 is 1.46 bits per heavy atom. The SMILES string of the molecule is CC(=O)ON(C)c1ccncc1.Cl. The van der Waals surface area contributed by atoms with Gasteiger partial charge < -0.3 is 4.84 Å². The molecule has 1 aromatic heterocycles. The molecule has 0 aromatic carbocycles. The average Bonchev–Trinajstić information content (AvgIpc) is 2.05. The predicted molar refractivity (Wildman–Crippen MR) is 51.7 cm³/mol. The van der Waals surface area contributed by atoms with Gasteiger partial charge in [-0.15, -0.1) is 12.4 Å². The van der Waals surface area contributed by atoms with Crippen LogP contribution in [0.25, 0.3) is 0 Å². The summed E-state index contributed by atoms with van der Waals surface area (Å²) in [7, 11) is 1.66. The molecule has 0 saturated carbocycles. The lowest BCUT2D eigenvalue weighted by Gasteiger charge is -2.16. The smallest absolute Gasteiger partial charge is 0.329 e. The van der Waals surface area contributed by atoms with Gasteiger partial charge in [0.2, 0.25) is 0 Å². The molecule has 0 saturated heterocycles. The maximum absolute atomic E-state index is 10.5. The van der Waals surface area contributed by atoms with Crippen LogP contribution >= 0.6 is 12.4 Å². The van der Waals surface area contributed by atoms with Gasteiger partial charge in [-0.05, 0) is 12.1 Å². The number of carbonyl (C=O) groups excluding carboxylic acids is 1. The van der Waals surface area contributed by atoms with Crippen molar-refractivity contribution in [2.75, 3.05) is 12.1 Å². The third kappa shape index (κ3) is 3.75. The minimum absolute atomic E-state index is 0. The predicted octanol–water partition coefficient (Wildman–Crippen LogP) is 1.42. The number of pyridine rings is 1. The van der Waals surface area contributed by atoms with Crippen molar-refractivity contribution in [3.8, 4) is 0 Å². The van der Waals surface area contributed by atoms with Gasteiger partial charge in [0.1, 0.15) is 0 Å². The summed E-state index contributed by atoms with van der Waals surface area (Å²) in [6.07, 6.45) is 3.27. The first-order valence-corrected chi connectivity index (χ1v) is 3.52. The van der Waals surface area contributed by atoms with E-state index in [1.54, 1.807) is 31.6 Å². The minimum Gasteiger partial charge on any atom is -0.341 e. The van der Waals surface area contributed by atoms with Crippen molar-refractivity contribution in [3.63, 3.8) is 0 Å². The van der Waals surface area contributed by atoms with Gasteiger partial charge in [-0.1, -0.05) is 0 Å². The van der Waals surface area contributed by atoms with Gasteiger partial charge in [-0.25, -0.2) is 5.06 Å². The van der Waals surface area contributed by atoms with Gasteiger partial charge in [-0.2, -0.15) is 0 Å². The second-order valence-electron chi connectivity index (χ2n) is 2.29. The lowest BCUT2D eigenvalue weighted by molar-refractivity contribution is -0.141. The molecule has 1 aromatic rings. The normalized spacial score (nSPS) is 8.46. The Kier molecular flexibility index (Phi) is 4.84. The Balaban J connectivity index is 0.00000144. The average molecular weight is 203 g/mol. The van der Waals surface area contributed by atoms with Gasteiger partial charge in [-0.3, -0.25) is 9.78 Å². The molecule has 0 aliphatic heterocycles. The molecule has 0 amide bonds. The van der Waals surface area contributed by atoms with Crippen molar-refractivity contribution in [3.05, 3.63) is 24.5 Å². The zero-order valence-corrected chi connectivity index (χ0v) is 8.25. The van der Waals surface area contributed by atoms with Crippen LogP contribution in [0.3, 0.4) is 0 Å². The van der Waals surface area contributed by atoms with E-state index >= 15 is 0 Å². The Hall–Kier alpha value is -1.29. The standard InChI is InChI=1S/C8H10N2O2.ClH/c1-7(11)12-10(2)8-3-5-9-6-4-8;/h3-6H,1-2H3;1H. The molecule has 0 bridgehead atoms. The third-order valence-corrected chi connectivity index (χ3v) is 1.29. The minimum atomic E-state index is -0.339. The number of aromatic nitrogens is 1. The highest BCUT2D eigenvalue weighted by Crippen LogP contribution is 2.09. The van der Waals surface area contributed by atoms with Crippen LogP contribution < -0.4 is 5.06 Å². The van der Waals surface area contributed by atoms with Crippen LogP contribution in [-0.4, -0.2) is 18.0 Å². The van der Waals surface area contributed by atoms with E-state index in [4.69, 9.17) is 4.84 Å². The second-order valence-corrected chi connectivity index (χ2v) is 2.29. The molecule has 0 aliphatic carbocycles. The van der Waals surface area contributed by atoms with Crippen LogP contribution in [0.2, 0.25) is 0 Å². The maximum Gasteiger partial charge on any atom is 0.329 e. The molecule has 0 radical (unpaired) electrons. The summed E-state index contributed by atoms with van der Waals surface area (Å²) in [4.78, 5) is 19.2. The summed E-state index contributed by atoms with van der Waals surface area (Å²) in [6.45, 7) is 1.36. The molecule has 4 nitrogen and oxygen atoms in total. The van der Waals surface area contributed by atoms with E-state index in [0.29, 0.717) is 0 Å². The van der Waals surface area contributed by atoms with Crippen molar-refractivity contribution in [1.29, 1.82) is 0 Å². The quantitative estimate of drug-likeness (QED) is 0.681. The molecular formula is C8H11ClN2O2. The van der Waals surface area contributed by atoms with Gasteiger partial charge >= 0.3 is 5.97 Å². The van der Waals surface area contributed by atoms with Crippen molar-refractivity contribution < 1.29 is 9.63 Å². The van der Waals surface area contributed by atoms with E-state index in [1.165, 1.54) is 12.0 Å². The van der Waals surface area contributed by atoms with Gasteiger partial charge in [0, 0.05) is 26.4 Å². The number of hydrogen-bond acceptors (Lipinski definition) is 4. The summed E-state index contributed by atoms with van der Waals surface area (Å²) in [5.74, 6) is -0.339. The molecule has 0 N–H and O–H groups in total. The number of hydroxylamine groups is 1. The Labute approximate surface area is 82.9 Å². The van der Waals surface area contributed by atoms with E-state index in [-0.39, 0.29) is 18.4 Å². The first kappa shape index (κ1) is 11.7. The second kappa shape index (κ2) is 5.37. The number of nitrogens with zero attached hydrogens (tertiary/aromatic N) is 2. The van der Waals surface area contributed by atoms with Crippen LogP contribution in [0.1, 0.15) is 6.92 Å². The van der Waals surface area contributed by atoms with Crippen molar-refractivity contribution >= 4 is 24.1 Å². The molecule has 1 rings (SSSR count). The summed E-state index contributed by atoms with van der Waals surface area (Å²) in [5.41, 5.74) is 0.792. The fraction of sp³-hybridized carbons (Fsp3) is 0.250. The van der Waals surface area contributed by atoms with Crippen LogP contribution in [0, 0.1) is 0 Å². The van der Waals surface area contributed by atoms with E-state index in [9.17, 15) is 4.79 Å².